The van der Waals surface area contributed by atoms with Crippen LogP contribution in [-0.4, -0.2) is 49.0 Å². The normalized spacial score (nSPS) is 11.5. The van der Waals surface area contributed by atoms with Crippen LogP contribution in [0.25, 0.3) is 0 Å². The second-order valence-corrected chi connectivity index (χ2v) is 17.6. The molecule has 2 rings (SSSR count). The first-order valence-corrected chi connectivity index (χ1v) is 24.0. The van der Waals surface area contributed by atoms with Crippen LogP contribution in [0.3, 0.4) is 0 Å². The predicted octanol–water partition coefficient (Wildman–Crippen LogP) is 12.8. The Labute approximate surface area is 343 Å². The van der Waals surface area contributed by atoms with Gasteiger partial charge in [-0.3, -0.25) is 0 Å². The summed E-state index contributed by atoms with van der Waals surface area (Å²) in [4.78, 5) is -0.274. The summed E-state index contributed by atoms with van der Waals surface area (Å²) in [6, 6.07) is 12.7. The van der Waals surface area contributed by atoms with E-state index in [0.29, 0.717) is 0 Å². The van der Waals surface area contributed by atoms with Crippen molar-refractivity contribution >= 4 is 43.3 Å². The maximum Gasteiger partial charge on any atom is 2.00 e. The summed E-state index contributed by atoms with van der Waals surface area (Å²) < 4.78 is 65.3. The second-order valence-electron chi connectivity index (χ2n) is 14.9. The molecule has 53 heavy (non-hydrogen) atoms. The molecule has 0 aliphatic heterocycles. The van der Waals surface area contributed by atoms with Gasteiger partial charge in [0.1, 0.15) is 20.2 Å². The number of hydrogen-bond donors (Lipinski definition) is 0. The fourth-order valence-corrected chi connectivity index (χ4v) is 7.63. The van der Waals surface area contributed by atoms with Crippen LogP contribution in [0.1, 0.15) is 205 Å². The molecule has 0 aromatic heterocycles. The molecule has 0 atom stereocenters. The van der Waals surface area contributed by atoms with Crippen molar-refractivity contribution in [1.29, 1.82) is 0 Å². The Hall–Kier alpha value is -0.974. The molecule has 0 radical (unpaired) electrons. The van der Waals surface area contributed by atoms with Gasteiger partial charge in [-0.25, -0.2) is 16.8 Å². The smallest absolute Gasteiger partial charge is 0.744 e. The predicted molar refractivity (Wildman–Crippen MR) is 223 cm³/mol. The average molecular weight is 788 g/mol. The van der Waals surface area contributed by atoms with Crippen LogP contribution in [0.2, 0.25) is 0 Å². The summed E-state index contributed by atoms with van der Waals surface area (Å²) in [6.07, 6.45) is 39.7. The monoisotopic (exact) mass is 786 g/mol. The molecule has 0 bridgehead atoms. The summed E-state index contributed by atoms with van der Waals surface area (Å²) in [5.74, 6) is 0. The molecule has 0 aliphatic rings. The van der Waals surface area contributed by atoms with E-state index in [2.05, 4.69) is 13.8 Å². The van der Waals surface area contributed by atoms with E-state index in [4.69, 9.17) is 0 Å². The number of rotatable bonds is 32. The fourth-order valence-electron chi connectivity index (χ4n) is 6.69. The summed E-state index contributed by atoms with van der Waals surface area (Å²) in [5, 5.41) is 0. The molecular weight excluding hydrogens is 713 g/mol. The zero-order valence-electron chi connectivity index (χ0n) is 33.8. The van der Waals surface area contributed by atoms with E-state index >= 15 is 0 Å². The van der Waals surface area contributed by atoms with Gasteiger partial charge in [0.25, 0.3) is 0 Å². The maximum absolute atomic E-state index is 10.9. The standard InChI is InChI=1S/2C22H38O3S.Mg/c2*1-2-3-4-5-6-7-8-9-10-11-12-13-14-15-16-21-17-19-22(20-18-21)26(23,24)25;/h2*17-20H,2-16H2,1H3,(H,23,24,25);/q;;+2/p-2. The third-order valence-corrected chi connectivity index (χ3v) is 11.8. The Morgan fingerprint density at radius 2 is 0.528 bits per heavy atom. The minimum Gasteiger partial charge on any atom is -0.744 e. The summed E-state index contributed by atoms with van der Waals surface area (Å²) in [5.41, 5.74) is 2.22. The topological polar surface area (TPSA) is 114 Å². The van der Waals surface area contributed by atoms with Crippen molar-refractivity contribution in [2.45, 2.75) is 216 Å². The van der Waals surface area contributed by atoms with Gasteiger partial charge in [-0.1, -0.05) is 205 Å². The first kappa shape index (κ1) is 52.0. The van der Waals surface area contributed by atoms with Crippen LogP contribution in [0.4, 0.5) is 0 Å². The van der Waals surface area contributed by atoms with Gasteiger partial charge in [0, 0.05) is 0 Å². The van der Waals surface area contributed by atoms with E-state index in [9.17, 15) is 25.9 Å². The van der Waals surface area contributed by atoms with Crippen molar-refractivity contribution in [2.75, 3.05) is 0 Å². The molecule has 0 spiro atoms. The molecule has 6 nitrogen and oxygen atoms in total. The van der Waals surface area contributed by atoms with Crippen molar-refractivity contribution < 1.29 is 25.9 Å². The van der Waals surface area contributed by atoms with Crippen LogP contribution in [-0.2, 0) is 33.1 Å². The fraction of sp³-hybridized carbons (Fsp3) is 0.727. The summed E-state index contributed by atoms with van der Waals surface area (Å²) in [6.45, 7) is 4.53. The molecule has 9 heteroatoms. The zero-order chi connectivity index (χ0) is 38.2. The largest absolute Gasteiger partial charge is 2.00 e. The second kappa shape index (κ2) is 34.3. The molecular formula is C44H74MgO6S2. The van der Waals surface area contributed by atoms with Gasteiger partial charge < -0.3 is 9.11 Å². The molecule has 2 aromatic carbocycles. The quantitative estimate of drug-likeness (QED) is 0.0414. The van der Waals surface area contributed by atoms with Gasteiger partial charge in [-0.05, 0) is 61.1 Å². The van der Waals surface area contributed by atoms with Gasteiger partial charge in [-0.15, -0.1) is 0 Å². The Bertz CT molecular complexity index is 1210. The molecule has 2 aromatic rings. The maximum atomic E-state index is 10.9. The summed E-state index contributed by atoms with van der Waals surface area (Å²) in [7, 11) is -8.64. The third-order valence-electron chi connectivity index (χ3n) is 10.1. The molecule has 0 saturated carbocycles. The van der Waals surface area contributed by atoms with Crippen LogP contribution < -0.4 is 0 Å². The third kappa shape index (κ3) is 30.9. The average Bonchev–Trinajstić information content (AvgIpc) is 3.12. The Balaban J connectivity index is 0.00000100. The van der Waals surface area contributed by atoms with E-state index in [1.165, 1.54) is 191 Å². The van der Waals surface area contributed by atoms with Crippen LogP contribution >= 0.6 is 0 Å². The Morgan fingerprint density at radius 3 is 0.717 bits per heavy atom. The summed E-state index contributed by atoms with van der Waals surface area (Å²) >= 11 is 0. The molecule has 0 fully saturated rings. The molecule has 0 saturated heterocycles. The Kier molecular flexibility index (Phi) is 33.7. The first-order chi connectivity index (χ1) is 25.1. The number of aryl methyl sites for hydroxylation is 2. The molecule has 0 aliphatic carbocycles. The van der Waals surface area contributed by atoms with Crippen molar-refractivity contribution in [3.63, 3.8) is 0 Å². The van der Waals surface area contributed by atoms with E-state index < -0.39 is 20.2 Å². The van der Waals surface area contributed by atoms with Crippen LogP contribution in [0.5, 0.6) is 0 Å². The minimum absolute atomic E-state index is 0. The molecule has 0 heterocycles. The van der Waals surface area contributed by atoms with E-state index in [1.54, 1.807) is 24.3 Å². The molecule has 0 N–H and O–H groups in total. The zero-order valence-corrected chi connectivity index (χ0v) is 36.9. The SMILES string of the molecule is CCCCCCCCCCCCCCCCc1ccc(S(=O)(=O)[O-])cc1.CCCCCCCCCCCCCCCCc1ccc(S(=O)(=O)[O-])cc1.[Mg+2]. The van der Waals surface area contributed by atoms with Crippen molar-refractivity contribution in [1.82, 2.24) is 0 Å². The van der Waals surface area contributed by atoms with Crippen LogP contribution in [0.15, 0.2) is 58.3 Å². The van der Waals surface area contributed by atoms with Gasteiger partial charge in [0.2, 0.25) is 0 Å². The number of benzene rings is 2. The van der Waals surface area contributed by atoms with Gasteiger partial charge in [0.05, 0.1) is 9.79 Å². The van der Waals surface area contributed by atoms with Gasteiger partial charge in [-0.2, -0.15) is 0 Å². The van der Waals surface area contributed by atoms with Gasteiger partial charge >= 0.3 is 23.1 Å². The van der Waals surface area contributed by atoms with E-state index in [0.717, 1.165) is 36.8 Å². The van der Waals surface area contributed by atoms with Crippen LogP contribution in [0, 0.1) is 0 Å². The van der Waals surface area contributed by atoms with E-state index in [-0.39, 0.29) is 32.8 Å². The van der Waals surface area contributed by atoms with E-state index in [1.807, 2.05) is 0 Å². The molecule has 300 valence electrons. The van der Waals surface area contributed by atoms with Crippen molar-refractivity contribution in [2.24, 2.45) is 0 Å². The first-order valence-electron chi connectivity index (χ1n) is 21.2. The number of unbranched alkanes of at least 4 members (excludes halogenated alkanes) is 26. The minimum atomic E-state index is -4.32. The van der Waals surface area contributed by atoms with Crippen molar-refractivity contribution in [3.8, 4) is 0 Å². The Morgan fingerprint density at radius 1 is 0.340 bits per heavy atom. The van der Waals surface area contributed by atoms with Crippen molar-refractivity contribution in [3.05, 3.63) is 59.7 Å². The van der Waals surface area contributed by atoms with Gasteiger partial charge in [0.15, 0.2) is 0 Å². The molecule has 0 unspecified atom stereocenters. The number of hydrogen-bond acceptors (Lipinski definition) is 6. The molecule has 0 amide bonds.